The molecule has 0 aromatic carbocycles. The van der Waals surface area contributed by atoms with Crippen LogP contribution in [-0.4, -0.2) is 16.5 Å². The normalized spacial score (nSPS) is 19.8. The van der Waals surface area contributed by atoms with Crippen LogP contribution >= 0.6 is 0 Å². The molecule has 17 heavy (non-hydrogen) atoms. The molecule has 3 nitrogen and oxygen atoms in total. The van der Waals surface area contributed by atoms with E-state index in [0.29, 0.717) is 5.92 Å². The number of nitrogens with one attached hydrogen (secondary N) is 1. The van der Waals surface area contributed by atoms with Crippen LogP contribution in [-0.2, 0) is 19.4 Å². The topological polar surface area (TPSA) is 37.8 Å². The summed E-state index contributed by atoms with van der Waals surface area (Å²) in [5, 5.41) is 3.44. The van der Waals surface area contributed by atoms with Crippen LogP contribution in [0, 0.1) is 0 Å². The van der Waals surface area contributed by atoms with Crippen LogP contribution in [0.1, 0.15) is 61.3 Å². The van der Waals surface area contributed by atoms with Gasteiger partial charge >= 0.3 is 0 Å². The first-order valence-corrected chi connectivity index (χ1v) is 6.97. The van der Waals surface area contributed by atoms with Gasteiger partial charge in [-0.1, -0.05) is 19.8 Å². The Morgan fingerprint density at radius 3 is 2.88 bits per heavy atom. The van der Waals surface area contributed by atoms with Crippen LogP contribution in [0.15, 0.2) is 0 Å². The van der Waals surface area contributed by atoms with Crippen LogP contribution < -0.4 is 5.32 Å². The Balaban J connectivity index is 1.98. The summed E-state index contributed by atoms with van der Waals surface area (Å²) in [7, 11) is 0. The molecule has 1 N–H and O–H groups in total. The van der Waals surface area contributed by atoms with Gasteiger partial charge in [0.05, 0.1) is 5.69 Å². The summed E-state index contributed by atoms with van der Waals surface area (Å²) in [4.78, 5) is 9.67. The first kappa shape index (κ1) is 11.1. The molecule has 0 saturated heterocycles. The zero-order valence-electron chi connectivity index (χ0n) is 10.6. The van der Waals surface area contributed by atoms with E-state index >= 15 is 0 Å². The number of nitrogens with zero attached hydrogens (tertiary/aromatic N) is 2. The number of aryl methyl sites for hydroxylation is 1. The third-order valence-electron chi connectivity index (χ3n) is 3.99. The van der Waals surface area contributed by atoms with Gasteiger partial charge in [-0.05, 0) is 19.3 Å². The van der Waals surface area contributed by atoms with Gasteiger partial charge < -0.3 is 5.32 Å². The van der Waals surface area contributed by atoms with E-state index in [-0.39, 0.29) is 0 Å². The molecular weight excluding hydrogens is 210 g/mol. The number of fused-ring (bicyclic) bond motifs is 1. The Kier molecular flexibility index (Phi) is 3.10. The molecule has 0 spiro atoms. The molecule has 1 aromatic heterocycles. The zero-order chi connectivity index (χ0) is 11.7. The van der Waals surface area contributed by atoms with E-state index in [4.69, 9.17) is 9.97 Å². The molecule has 1 fully saturated rings. The molecule has 1 aliphatic carbocycles. The summed E-state index contributed by atoms with van der Waals surface area (Å²) < 4.78 is 0. The quantitative estimate of drug-likeness (QED) is 0.867. The predicted octanol–water partition coefficient (Wildman–Crippen LogP) is 2.34. The zero-order valence-corrected chi connectivity index (χ0v) is 10.6. The summed E-state index contributed by atoms with van der Waals surface area (Å²) >= 11 is 0. The molecule has 92 valence electrons. The summed E-state index contributed by atoms with van der Waals surface area (Å²) in [6.07, 6.45) is 7.30. The van der Waals surface area contributed by atoms with Crippen LogP contribution in [0.4, 0.5) is 0 Å². The number of rotatable bonds is 3. The summed E-state index contributed by atoms with van der Waals surface area (Å²) in [5.41, 5.74) is 4.02. The molecule has 0 radical (unpaired) electrons. The molecule has 3 rings (SSSR count). The van der Waals surface area contributed by atoms with Crippen molar-refractivity contribution in [3.63, 3.8) is 0 Å². The third-order valence-corrected chi connectivity index (χ3v) is 3.99. The van der Waals surface area contributed by atoms with Crippen LogP contribution in [0.3, 0.4) is 0 Å². The molecule has 0 bridgehead atoms. The van der Waals surface area contributed by atoms with E-state index in [0.717, 1.165) is 31.8 Å². The molecule has 3 heteroatoms. The molecule has 0 amide bonds. The van der Waals surface area contributed by atoms with Gasteiger partial charge in [-0.2, -0.15) is 0 Å². The van der Waals surface area contributed by atoms with Crippen molar-refractivity contribution in [3.05, 3.63) is 22.8 Å². The fourth-order valence-corrected chi connectivity index (χ4v) is 2.73. The van der Waals surface area contributed by atoms with Crippen molar-refractivity contribution in [1.82, 2.24) is 15.3 Å². The smallest absolute Gasteiger partial charge is 0.131 e. The second-order valence-electron chi connectivity index (χ2n) is 5.26. The highest BCUT2D eigenvalue weighted by Gasteiger charge is 2.25. The summed E-state index contributed by atoms with van der Waals surface area (Å²) in [5.74, 6) is 1.80. The summed E-state index contributed by atoms with van der Waals surface area (Å²) in [6.45, 7) is 4.27. The molecule has 2 heterocycles. The van der Waals surface area contributed by atoms with Crippen molar-refractivity contribution in [2.45, 2.75) is 57.9 Å². The third kappa shape index (κ3) is 2.08. The minimum absolute atomic E-state index is 0.658. The molecule has 1 saturated carbocycles. The van der Waals surface area contributed by atoms with Crippen molar-refractivity contribution in [2.75, 3.05) is 6.54 Å². The van der Waals surface area contributed by atoms with E-state index in [1.165, 1.54) is 42.6 Å². The number of hydrogen-bond donors (Lipinski definition) is 1. The Bertz CT molecular complexity index is 410. The number of aromatic nitrogens is 2. The monoisotopic (exact) mass is 231 g/mol. The van der Waals surface area contributed by atoms with Crippen LogP contribution in [0.25, 0.3) is 0 Å². The molecule has 1 aromatic rings. The van der Waals surface area contributed by atoms with Crippen molar-refractivity contribution in [1.29, 1.82) is 0 Å². The highest BCUT2D eigenvalue weighted by atomic mass is 15.0. The Morgan fingerprint density at radius 2 is 2.18 bits per heavy atom. The highest BCUT2D eigenvalue weighted by molar-refractivity contribution is 5.29. The minimum atomic E-state index is 0.658. The van der Waals surface area contributed by atoms with Gasteiger partial charge in [0.2, 0.25) is 0 Å². The molecule has 0 unspecified atom stereocenters. The highest BCUT2D eigenvalue weighted by Crippen LogP contribution is 2.35. The predicted molar refractivity (Wildman–Crippen MR) is 68.0 cm³/mol. The molecule has 0 atom stereocenters. The van der Waals surface area contributed by atoms with Crippen LogP contribution in [0.2, 0.25) is 0 Å². The average Bonchev–Trinajstić information content (AvgIpc) is 2.27. The maximum absolute atomic E-state index is 4.85. The van der Waals surface area contributed by atoms with E-state index in [9.17, 15) is 0 Å². The standard InChI is InChI=1S/C14H21N3/c1-2-4-12-11-9-15-8-7-13(11)17-14(16-12)10-5-3-6-10/h10,15H,2-9H2,1H3. The van der Waals surface area contributed by atoms with E-state index in [1.54, 1.807) is 0 Å². The van der Waals surface area contributed by atoms with Gasteiger partial charge in [0.1, 0.15) is 5.82 Å². The Hall–Kier alpha value is -0.960. The average molecular weight is 231 g/mol. The van der Waals surface area contributed by atoms with Crippen molar-refractivity contribution in [2.24, 2.45) is 0 Å². The largest absolute Gasteiger partial charge is 0.312 e. The van der Waals surface area contributed by atoms with Gasteiger partial charge in [-0.15, -0.1) is 0 Å². The SMILES string of the molecule is CCCc1nc(C2CCC2)nc2c1CNCC2. The fourth-order valence-electron chi connectivity index (χ4n) is 2.73. The van der Waals surface area contributed by atoms with Gasteiger partial charge in [0, 0.05) is 36.7 Å². The lowest BCUT2D eigenvalue weighted by Gasteiger charge is -2.27. The fraction of sp³-hybridized carbons (Fsp3) is 0.714. The Morgan fingerprint density at radius 1 is 1.29 bits per heavy atom. The van der Waals surface area contributed by atoms with Gasteiger partial charge in [-0.3, -0.25) is 0 Å². The van der Waals surface area contributed by atoms with Gasteiger partial charge in [0.25, 0.3) is 0 Å². The lowest BCUT2D eigenvalue weighted by Crippen LogP contribution is -2.28. The van der Waals surface area contributed by atoms with Crippen molar-refractivity contribution >= 4 is 0 Å². The first-order chi connectivity index (χ1) is 8.38. The number of hydrogen-bond acceptors (Lipinski definition) is 3. The maximum atomic E-state index is 4.85. The molecule has 2 aliphatic rings. The van der Waals surface area contributed by atoms with E-state index in [1.807, 2.05) is 0 Å². The maximum Gasteiger partial charge on any atom is 0.131 e. The van der Waals surface area contributed by atoms with Gasteiger partial charge in [0.15, 0.2) is 0 Å². The Labute approximate surface area is 103 Å². The molecular formula is C14H21N3. The van der Waals surface area contributed by atoms with E-state index < -0.39 is 0 Å². The first-order valence-electron chi connectivity index (χ1n) is 6.97. The lowest BCUT2D eigenvalue weighted by molar-refractivity contribution is 0.397. The second-order valence-corrected chi connectivity index (χ2v) is 5.26. The second kappa shape index (κ2) is 4.73. The van der Waals surface area contributed by atoms with Crippen molar-refractivity contribution < 1.29 is 0 Å². The van der Waals surface area contributed by atoms with Crippen LogP contribution in [0.5, 0.6) is 0 Å². The van der Waals surface area contributed by atoms with Crippen molar-refractivity contribution in [3.8, 4) is 0 Å². The van der Waals surface area contributed by atoms with Gasteiger partial charge in [-0.25, -0.2) is 9.97 Å². The summed E-state index contributed by atoms with van der Waals surface area (Å²) in [6, 6.07) is 0. The molecule has 1 aliphatic heterocycles. The minimum Gasteiger partial charge on any atom is -0.312 e. The lowest BCUT2D eigenvalue weighted by atomic mass is 9.84. The van der Waals surface area contributed by atoms with E-state index in [2.05, 4.69) is 12.2 Å².